The first-order chi connectivity index (χ1) is 18.2. The lowest BCUT2D eigenvalue weighted by molar-refractivity contribution is -0.116. The van der Waals surface area contributed by atoms with Gasteiger partial charge in [0.25, 0.3) is 0 Å². The summed E-state index contributed by atoms with van der Waals surface area (Å²) in [5, 5.41) is 4.82. The number of benzene rings is 3. The van der Waals surface area contributed by atoms with Crippen LogP contribution in [0.1, 0.15) is 31.9 Å². The minimum absolute atomic E-state index is 0.0346. The van der Waals surface area contributed by atoms with Gasteiger partial charge in [0.15, 0.2) is 0 Å². The van der Waals surface area contributed by atoms with Crippen molar-refractivity contribution in [2.24, 2.45) is 0 Å². The van der Waals surface area contributed by atoms with Gasteiger partial charge in [-0.25, -0.2) is 19.9 Å². The van der Waals surface area contributed by atoms with Crippen molar-refractivity contribution in [1.29, 1.82) is 0 Å². The Kier molecular flexibility index (Phi) is 5.31. The van der Waals surface area contributed by atoms with Gasteiger partial charge in [-0.15, -0.1) is 0 Å². The van der Waals surface area contributed by atoms with Gasteiger partial charge >= 0.3 is 0 Å². The summed E-state index contributed by atoms with van der Waals surface area (Å²) in [4.78, 5) is 32.7. The Bertz CT molecular complexity index is 1780. The van der Waals surface area contributed by atoms with Gasteiger partial charge in [0.2, 0.25) is 11.9 Å². The Hall–Kier alpha value is -4.59. The molecule has 0 bridgehead atoms. The van der Waals surface area contributed by atoms with Crippen LogP contribution in [-0.4, -0.2) is 39.4 Å². The molecule has 0 unspecified atom stereocenters. The molecule has 0 saturated carbocycles. The van der Waals surface area contributed by atoms with E-state index in [9.17, 15) is 4.79 Å². The third-order valence-electron chi connectivity index (χ3n) is 7.48. The average Bonchev–Trinajstić information content (AvgIpc) is 3.18. The maximum Gasteiger partial charge on any atom is 0.223 e. The normalized spacial score (nSPS) is 14.2. The van der Waals surface area contributed by atoms with Crippen LogP contribution in [0.15, 0.2) is 54.9 Å². The number of hydrogen-bond donors (Lipinski definition) is 2. The molecule has 0 fully saturated rings. The van der Waals surface area contributed by atoms with Gasteiger partial charge in [-0.1, -0.05) is 38.1 Å². The fraction of sp³-hybridized carbons (Fsp3) is 0.233. The second-order valence-corrected chi connectivity index (χ2v) is 10.5. The number of nitrogens with one attached hydrogen (secondary N) is 1. The summed E-state index contributed by atoms with van der Waals surface area (Å²) < 4.78 is 0. The monoisotopic (exact) mass is 503 g/mol. The van der Waals surface area contributed by atoms with E-state index in [0.717, 1.165) is 61.0 Å². The fourth-order valence-electron chi connectivity index (χ4n) is 5.55. The molecule has 190 valence electrons. The van der Waals surface area contributed by atoms with Crippen molar-refractivity contribution < 1.29 is 4.79 Å². The molecule has 2 aromatic heterocycles. The van der Waals surface area contributed by atoms with Gasteiger partial charge in [0.05, 0.1) is 16.7 Å². The first-order valence-corrected chi connectivity index (χ1v) is 12.6. The lowest BCUT2D eigenvalue weighted by Gasteiger charge is -2.19. The maximum absolute atomic E-state index is 12.5. The molecule has 3 aromatic carbocycles. The largest absolute Gasteiger partial charge is 0.383 e. The van der Waals surface area contributed by atoms with Crippen LogP contribution in [0.5, 0.6) is 0 Å². The number of amides is 1. The van der Waals surface area contributed by atoms with Gasteiger partial charge in [-0.3, -0.25) is 4.79 Å². The molecule has 38 heavy (non-hydrogen) atoms. The van der Waals surface area contributed by atoms with Crippen molar-refractivity contribution in [3.63, 3.8) is 0 Å². The van der Waals surface area contributed by atoms with Crippen LogP contribution >= 0.6 is 0 Å². The molecule has 0 atom stereocenters. The summed E-state index contributed by atoms with van der Waals surface area (Å²) in [5.41, 5.74) is 14.6. The number of aromatic nitrogens is 4. The summed E-state index contributed by atoms with van der Waals surface area (Å²) >= 11 is 0. The van der Waals surface area contributed by atoms with Crippen molar-refractivity contribution in [1.82, 2.24) is 19.9 Å². The number of carbonyl (C=O) groups excluding carboxylic acids is 1. The number of hydrogen-bond acceptors (Lipinski definition) is 7. The molecule has 3 heterocycles. The van der Waals surface area contributed by atoms with Gasteiger partial charge in [0, 0.05) is 53.5 Å². The van der Waals surface area contributed by atoms with Crippen LogP contribution in [-0.2, 0) is 10.2 Å². The molecule has 0 aliphatic carbocycles. The summed E-state index contributed by atoms with van der Waals surface area (Å²) in [6.45, 7) is 8.68. The lowest BCUT2D eigenvalue weighted by Crippen LogP contribution is -2.31. The summed E-state index contributed by atoms with van der Waals surface area (Å²) in [7, 11) is 1.81. The predicted molar refractivity (Wildman–Crippen MR) is 153 cm³/mol. The lowest BCUT2D eigenvalue weighted by atomic mass is 9.86. The van der Waals surface area contributed by atoms with E-state index in [0.29, 0.717) is 18.3 Å². The van der Waals surface area contributed by atoms with E-state index in [-0.39, 0.29) is 11.3 Å². The highest BCUT2D eigenvalue weighted by atomic mass is 16.2. The predicted octanol–water partition coefficient (Wildman–Crippen LogP) is 5.48. The maximum atomic E-state index is 12.5. The number of rotatable bonds is 3. The Morgan fingerprint density at radius 3 is 2.55 bits per heavy atom. The van der Waals surface area contributed by atoms with Gasteiger partial charge in [-0.05, 0) is 47.9 Å². The number of fused-ring (bicyclic) bond motifs is 3. The molecule has 1 aliphatic rings. The summed E-state index contributed by atoms with van der Waals surface area (Å²) in [5.74, 6) is 1.02. The van der Waals surface area contributed by atoms with Crippen molar-refractivity contribution in [2.75, 3.05) is 29.5 Å². The minimum atomic E-state index is -0.119. The van der Waals surface area contributed by atoms with Crippen molar-refractivity contribution in [2.45, 2.75) is 33.1 Å². The molecular weight excluding hydrogens is 474 g/mol. The van der Waals surface area contributed by atoms with Crippen LogP contribution in [0.4, 0.5) is 17.5 Å². The van der Waals surface area contributed by atoms with Crippen LogP contribution < -0.4 is 16.0 Å². The van der Waals surface area contributed by atoms with E-state index in [1.165, 1.54) is 6.33 Å². The van der Waals surface area contributed by atoms with Gasteiger partial charge in [0.1, 0.15) is 12.1 Å². The number of anilines is 3. The topological polar surface area (TPSA) is 110 Å². The smallest absolute Gasteiger partial charge is 0.223 e. The van der Waals surface area contributed by atoms with Crippen LogP contribution in [0, 0.1) is 6.92 Å². The first-order valence-electron chi connectivity index (χ1n) is 12.6. The molecule has 0 radical (unpaired) electrons. The second kappa shape index (κ2) is 8.48. The van der Waals surface area contributed by atoms with Crippen LogP contribution in [0.3, 0.4) is 0 Å². The highest BCUT2D eigenvalue weighted by molar-refractivity contribution is 6.03. The van der Waals surface area contributed by atoms with E-state index in [1.54, 1.807) is 6.92 Å². The first kappa shape index (κ1) is 23.8. The third-order valence-corrected chi connectivity index (χ3v) is 7.48. The number of carbonyl (C=O) groups is 1. The molecule has 0 spiro atoms. The zero-order valence-corrected chi connectivity index (χ0v) is 22.1. The van der Waals surface area contributed by atoms with Gasteiger partial charge in [-0.2, -0.15) is 0 Å². The fourth-order valence-corrected chi connectivity index (χ4v) is 5.55. The SMILES string of the molecule is CNc1nc(-c2ccc3c(c2)N(C(C)=O)CC3(C)C)c2cc(-c3c(C)ccc4c(N)ncnc34)ccc2n1. The zero-order valence-electron chi connectivity index (χ0n) is 22.1. The molecule has 1 amide bonds. The van der Waals surface area contributed by atoms with E-state index in [1.807, 2.05) is 30.1 Å². The standard InChI is InChI=1S/C30H29N7O/c1-16-6-9-20-27(33-15-34-28(20)31)25(16)18-8-11-23-21(12-18)26(36-29(32-5)35-23)19-7-10-22-24(13-19)37(17(2)38)14-30(22,3)4/h6-13,15H,14H2,1-5H3,(H2,31,33,34)(H,32,35,36). The third kappa shape index (κ3) is 3.63. The van der Waals surface area contributed by atoms with Gasteiger partial charge < -0.3 is 16.0 Å². The molecule has 5 aromatic rings. The molecule has 0 saturated heterocycles. The van der Waals surface area contributed by atoms with E-state index in [4.69, 9.17) is 15.7 Å². The van der Waals surface area contributed by atoms with E-state index >= 15 is 0 Å². The molecule has 8 nitrogen and oxygen atoms in total. The highest BCUT2D eigenvalue weighted by Crippen LogP contribution is 2.43. The van der Waals surface area contributed by atoms with E-state index < -0.39 is 0 Å². The molecule has 8 heteroatoms. The van der Waals surface area contributed by atoms with Crippen molar-refractivity contribution >= 4 is 45.2 Å². The molecular formula is C30H29N7O. The Morgan fingerprint density at radius 1 is 1.00 bits per heavy atom. The number of nitrogens with zero attached hydrogens (tertiary/aromatic N) is 5. The van der Waals surface area contributed by atoms with Crippen LogP contribution in [0.25, 0.3) is 44.2 Å². The Balaban J connectivity index is 1.60. The summed E-state index contributed by atoms with van der Waals surface area (Å²) in [6, 6.07) is 16.5. The molecule has 6 rings (SSSR count). The number of nitrogen functional groups attached to an aromatic ring is 1. The number of aryl methyl sites for hydroxylation is 1. The Labute approximate surface area is 221 Å². The number of nitrogens with two attached hydrogens (primary N) is 1. The highest BCUT2D eigenvalue weighted by Gasteiger charge is 2.37. The second-order valence-electron chi connectivity index (χ2n) is 10.5. The summed E-state index contributed by atoms with van der Waals surface area (Å²) in [6.07, 6.45) is 1.50. The molecule has 3 N–H and O–H groups in total. The molecule has 1 aliphatic heterocycles. The average molecular weight is 504 g/mol. The Morgan fingerprint density at radius 2 is 1.79 bits per heavy atom. The van der Waals surface area contributed by atoms with Crippen molar-refractivity contribution in [3.05, 3.63) is 66.0 Å². The van der Waals surface area contributed by atoms with Crippen LogP contribution in [0.2, 0.25) is 0 Å². The quantitative estimate of drug-likeness (QED) is 0.335. The zero-order chi connectivity index (χ0) is 26.8. The minimum Gasteiger partial charge on any atom is -0.383 e. The van der Waals surface area contributed by atoms with Crippen molar-refractivity contribution in [3.8, 4) is 22.4 Å². The van der Waals surface area contributed by atoms with E-state index in [2.05, 4.69) is 66.4 Å².